The topological polar surface area (TPSA) is 52.6 Å². The molecule has 1 saturated heterocycles. The van der Waals surface area contributed by atoms with Crippen molar-refractivity contribution in [3.05, 3.63) is 35.9 Å². The predicted octanol–water partition coefficient (Wildman–Crippen LogP) is 2.55. The van der Waals surface area contributed by atoms with Crippen LogP contribution in [0.2, 0.25) is 0 Å². The highest BCUT2D eigenvalue weighted by atomic mass is 16.3. The number of likely N-dealkylation sites (tertiary alicyclic amines) is 1. The van der Waals surface area contributed by atoms with Gasteiger partial charge < -0.3 is 15.3 Å². The van der Waals surface area contributed by atoms with E-state index in [0.717, 1.165) is 13.0 Å². The molecule has 1 aromatic rings. The molecule has 1 aliphatic heterocycles. The minimum atomic E-state index is -0.402. The summed E-state index contributed by atoms with van der Waals surface area (Å²) in [6.07, 6.45) is 2.83. The predicted molar refractivity (Wildman–Crippen MR) is 81.8 cm³/mol. The summed E-state index contributed by atoms with van der Waals surface area (Å²) in [7, 11) is 0. The van der Waals surface area contributed by atoms with E-state index < -0.39 is 6.10 Å². The Kier molecular flexibility index (Phi) is 4.15. The van der Waals surface area contributed by atoms with E-state index in [0.29, 0.717) is 12.5 Å². The Labute approximate surface area is 126 Å². The molecular weight excluding hydrogens is 264 g/mol. The number of piperidine rings is 1. The third-order valence-corrected chi connectivity index (χ3v) is 4.74. The van der Waals surface area contributed by atoms with Crippen molar-refractivity contribution in [3.63, 3.8) is 0 Å². The first kappa shape index (κ1) is 14.4. The van der Waals surface area contributed by atoms with E-state index in [1.807, 2.05) is 25.1 Å². The number of hydrogen-bond acceptors (Lipinski definition) is 2. The van der Waals surface area contributed by atoms with Crippen molar-refractivity contribution in [1.82, 2.24) is 10.2 Å². The molecule has 2 fully saturated rings. The largest absolute Gasteiger partial charge is 0.391 e. The molecule has 2 aliphatic rings. The maximum atomic E-state index is 12.5. The minimum absolute atomic E-state index is 0.0401. The first-order valence-electron chi connectivity index (χ1n) is 7.93. The first-order valence-corrected chi connectivity index (χ1v) is 7.93. The van der Waals surface area contributed by atoms with Gasteiger partial charge >= 0.3 is 6.03 Å². The maximum Gasteiger partial charge on any atom is 0.317 e. The summed E-state index contributed by atoms with van der Waals surface area (Å²) in [6.45, 7) is 3.21. The third kappa shape index (κ3) is 3.38. The number of aliphatic hydroxyl groups excluding tert-OH is 1. The van der Waals surface area contributed by atoms with E-state index >= 15 is 0 Å². The van der Waals surface area contributed by atoms with Gasteiger partial charge in [0.1, 0.15) is 0 Å². The Morgan fingerprint density at radius 3 is 2.62 bits per heavy atom. The smallest absolute Gasteiger partial charge is 0.317 e. The lowest BCUT2D eigenvalue weighted by atomic mass is 9.96. The normalized spacial score (nSPS) is 27.2. The quantitative estimate of drug-likeness (QED) is 0.898. The molecule has 2 N–H and O–H groups in total. The Hall–Kier alpha value is -1.55. The van der Waals surface area contributed by atoms with Crippen LogP contribution in [0.15, 0.2) is 30.3 Å². The number of urea groups is 1. The molecule has 1 heterocycles. The number of hydrogen-bond donors (Lipinski definition) is 2. The fourth-order valence-corrected chi connectivity index (χ4v) is 3.02. The number of β-amino-alcohol motifs (C(OH)–C–C–N with tert-alkyl or cyclic N) is 1. The number of rotatable bonds is 3. The Bertz CT molecular complexity index is 487. The van der Waals surface area contributed by atoms with Crippen LogP contribution in [0.4, 0.5) is 4.79 Å². The second-order valence-electron chi connectivity index (χ2n) is 6.45. The van der Waals surface area contributed by atoms with Crippen LogP contribution in [-0.2, 0) is 0 Å². The van der Waals surface area contributed by atoms with Gasteiger partial charge in [-0.25, -0.2) is 4.79 Å². The molecule has 0 radical (unpaired) electrons. The van der Waals surface area contributed by atoms with Gasteiger partial charge in [-0.1, -0.05) is 37.3 Å². The molecule has 0 spiro atoms. The average molecular weight is 288 g/mol. The Morgan fingerprint density at radius 2 is 2.00 bits per heavy atom. The zero-order chi connectivity index (χ0) is 14.8. The third-order valence-electron chi connectivity index (χ3n) is 4.74. The molecule has 3 atom stereocenters. The van der Waals surface area contributed by atoms with Crippen LogP contribution in [0, 0.1) is 11.8 Å². The lowest BCUT2D eigenvalue weighted by Gasteiger charge is -2.35. The van der Waals surface area contributed by atoms with E-state index in [-0.39, 0.29) is 18.0 Å². The molecule has 3 unspecified atom stereocenters. The van der Waals surface area contributed by atoms with Gasteiger partial charge in [0.25, 0.3) is 0 Å². The van der Waals surface area contributed by atoms with E-state index in [1.165, 1.54) is 18.4 Å². The van der Waals surface area contributed by atoms with E-state index in [1.54, 1.807) is 4.90 Å². The van der Waals surface area contributed by atoms with Crippen LogP contribution in [0.1, 0.15) is 37.8 Å². The molecule has 4 nitrogen and oxygen atoms in total. The molecule has 0 bridgehead atoms. The SMILES string of the molecule is CC1CCN(C(=O)NC(c2ccccc2)C2CC2)CC1O. The molecular formula is C17H24N2O2. The van der Waals surface area contributed by atoms with Crippen molar-refractivity contribution in [2.75, 3.05) is 13.1 Å². The van der Waals surface area contributed by atoms with Crippen LogP contribution in [-0.4, -0.2) is 35.2 Å². The number of carbonyl (C=O) groups is 1. The number of benzene rings is 1. The molecule has 21 heavy (non-hydrogen) atoms. The van der Waals surface area contributed by atoms with Crippen LogP contribution in [0.5, 0.6) is 0 Å². The van der Waals surface area contributed by atoms with Gasteiger partial charge in [-0.15, -0.1) is 0 Å². The second kappa shape index (κ2) is 6.06. The average Bonchev–Trinajstić information content (AvgIpc) is 3.33. The van der Waals surface area contributed by atoms with Crippen LogP contribution < -0.4 is 5.32 Å². The summed E-state index contributed by atoms with van der Waals surface area (Å²) in [5.41, 5.74) is 1.18. The Morgan fingerprint density at radius 1 is 1.29 bits per heavy atom. The number of nitrogens with one attached hydrogen (secondary N) is 1. The molecule has 1 saturated carbocycles. The molecule has 4 heteroatoms. The monoisotopic (exact) mass is 288 g/mol. The summed E-state index contributed by atoms with van der Waals surface area (Å²) in [5, 5.41) is 13.1. The Balaban J connectivity index is 1.65. The van der Waals surface area contributed by atoms with Gasteiger partial charge in [-0.3, -0.25) is 0 Å². The highest BCUT2D eigenvalue weighted by Gasteiger charge is 2.35. The lowest BCUT2D eigenvalue weighted by molar-refractivity contribution is 0.0428. The summed E-state index contributed by atoms with van der Waals surface area (Å²) in [6, 6.07) is 10.3. The van der Waals surface area contributed by atoms with Crippen molar-refractivity contribution in [1.29, 1.82) is 0 Å². The summed E-state index contributed by atoms with van der Waals surface area (Å²) < 4.78 is 0. The second-order valence-corrected chi connectivity index (χ2v) is 6.45. The molecule has 1 aliphatic carbocycles. The first-order chi connectivity index (χ1) is 10.1. The fourth-order valence-electron chi connectivity index (χ4n) is 3.02. The van der Waals surface area contributed by atoms with E-state index in [2.05, 4.69) is 17.4 Å². The summed E-state index contributed by atoms with van der Waals surface area (Å²) >= 11 is 0. The molecule has 3 rings (SSSR count). The lowest BCUT2D eigenvalue weighted by Crippen LogP contribution is -2.50. The van der Waals surface area contributed by atoms with Crippen molar-refractivity contribution in [2.45, 2.75) is 38.3 Å². The van der Waals surface area contributed by atoms with Gasteiger partial charge in [0.2, 0.25) is 0 Å². The molecule has 2 amide bonds. The standard InChI is InChI=1S/C17H24N2O2/c1-12-9-10-19(11-15(12)20)17(21)18-16(14-7-8-14)13-5-3-2-4-6-13/h2-6,12,14-16,20H,7-11H2,1H3,(H,18,21). The van der Waals surface area contributed by atoms with Crippen LogP contribution >= 0.6 is 0 Å². The van der Waals surface area contributed by atoms with E-state index in [4.69, 9.17) is 0 Å². The van der Waals surface area contributed by atoms with Crippen molar-refractivity contribution < 1.29 is 9.90 Å². The zero-order valence-corrected chi connectivity index (χ0v) is 12.5. The molecule has 0 aromatic heterocycles. The van der Waals surface area contributed by atoms with Gasteiger partial charge in [0.15, 0.2) is 0 Å². The highest BCUT2D eigenvalue weighted by Crippen LogP contribution is 2.41. The number of carbonyl (C=O) groups excluding carboxylic acids is 1. The van der Waals surface area contributed by atoms with Crippen molar-refractivity contribution in [3.8, 4) is 0 Å². The molecule has 114 valence electrons. The highest BCUT2D eigenvalue weighted by molar-refractivity contribution is 5.75. The van der Waals surface area contributed by atoms with Gasteiger partial charge in [0.05, 0.1) is 12.1 Å². The van der Waals surface area contributed by atoms with Crippen molar-refractivity contribution in [2.24, 2.45) is 11.8 Å². The number of nitrogens with zero attached hydrogens (tertiary/aromatic N) is 1. The zero-order valence-electron chi connectivity index (χ0n) is 12.5. The van der Waals surface area contributed by atoms with Crippen LogP contribution in [0.25, 0.3) is 0 Å². The van der Waals surface area contributed by atoms with Gasteiger partial charge in [0, 0.05) is 13.1 Å². The van der Waals surface area contributed by atoms with E-state index in [9.17, 15) is 9.90 Å². The van der Waals surface area contributed by atoms with Gasteiger partial charge in [-0.05, 0) is 36.7 Å². The van der Waals surface area contributed by atoms with Crippen molar-refractivity contribution >= 4 is 6.03 Å². The molecule has 1 aromatic carbocycles. The summed E-state index contributed by atoms with van der Waals surface area (Å²) in [4.78, 5) is 14.2. The maximum absolute atomic E-state index is 12.5. The van der Waals surface area contributed by atoms with Crippen LogP contribution in [0.3, 0.4) is 0 Å². The summed E-state index contributed by atoms with van der Waals surface area (Å²) in [5.74, 6) is 0.840. The number of aliphatic hydroxyl groups is 1. The number of amides is 2. The van der Waals surface area contributed by atoms with Gasteiger partial charge in [-0.2, -0.15) is 0 Å². The fraction of sp³-hybridized carbons (Fsp3) is 0.588. The minimum Gasteiger partial charge on any atom is -0.391 e.